The predicted molar refractivity (Wildman–Crippen MR) is 118 cm³/mol. The second kappa shape index (κ2) is 8.74. The summed E-state index contributed by atoms with van der Waals surface area (Å²) in [6.07, 6.45) is 3.36. The molecule has 31 heavy (non-hydrogen) atoms. The number of rotatable bonds is 6. The predicted octanol–water partition coefficient (Wildman–Crippen LogP) is 2.12. The van der Waals surface area contributed by atoms with Crippen LogP contribution in [0.3, 0.4) is 0 Å². The summed E-state index contributed by atoms with van der Waals surface area (Å²) in [6, 6.07) is 6.44. The molecule has 1 aromatic carbocycles. The van der Waals surface area contributed by atoms with Crippen LogP contribution in [0.4, 0.5) is 0 Å². The van der Waals surface area contributed by atoms with Crippen LogP contribution >= 0.6 is 12.2 Å². The van der Waals surface area contributed by atoms with Gasteiger partial charge in [-0.15, -0.1) is 5.10 Å². The number of sulfonamides is 1. The van der Waals surface area contributed by atoms with Gasteiger partial charge in [-0.3, -0.25) is 4.90 Å². The minimum Gasteiger partial charge on any atom is -0.409 e. The largest absolute Gasteiger partial charge is 0.409 e. The van der Waals surface area contributed by atoms with Crippen molar-refractivity contribution in [2.24, 2.45) is 0 Å². The maximum Gasteiger partial charge on any atom is 0.288 e. The van der Waals surface area contributed by atoms with Gasteiger partial charge >= 0.3 is 0 Å². The molecule has 3 heterocycles. The minimum absolute atomic E-state index is 0.0925. The highest BCUT2D eigenvalue weighted by atomic mass is 32.2. The Kier molecular flexibility index (Phi) is 6.37. The number of nitrogens with zero attached hydrogens (tertiary/aromatic N) is 4. The van der Waals surface area contributed by atoms with E-state index in [9.17, 15) is 16.8 Å². The van der Waals surface area contributed by atoms with Crippen molar-refractivity contribution in [3.05, 3.63) is 29.1 Å². The molecule has 170 valence electrons. The lowest BCUT2D eigenvalue weighted by molar-refractivity contribution is 0.194. The lowest BCUT2D eigenvalue weighted by Gasteiger charge is -2.25. The topological polar surface area (TPSA) is 106 Å². The zero-order valence-electron chi connectivity index (χ0n) is 17.3. The maximum atomic E-state index is 13.0. The van der Waals surface area contributed by atoms with Gasteiger partial charge in [0.25, 0.3) is 4.84 Å². The van der Waals surface area contributed by atoms with Crippen molar-refractivity contribution < 1.29 is 21.3 Å². The van der Waals surface area contributed by atoms with Gasteiger partial charge in [0, 0.05) is 24.7 Å². The minimum atomic E-state index is -3.57. The first-order valence-corrected chi connectivity index (χ1v) is 13.9. The van der Waals surface area contributed by atoms with Gasteiger partial charge in [0.1, 0.15) is 0 Å². The van der Waals surface area contributed by atoms with E-state index < -0.39 is 19.9 Å². The average Bonchev–Trinajstić information content (AvgIpc) is 3.30. The molecule has 2 saturated heterocycles. The summed E-state index contributed by atoms with van der Waals surface area (Å²) >= 11 is 5.28. The first-order chi connectivity index (χ1) is 14.7. The molecular weight excluding hydrogens is 460 g/mol. The zero-order valence-corrected chi connectivity index (χ0v) is 19.8. The molecular formula is C19H26N4O5S3. The van der Waals surface area contributed by atoms with Crippen LogP contribution in [0, 0.1) is 4.84 Å². The lowest BCUT2D eigenvalue weighted by atomic mass is 10.2. The van der Waals surface area contributed by atoms with E-state index in [0.717, 1.165) is 19.3 Å². The van der Waals surface area contributed by atoms with Crippen molar-refractivity contribution in [1.29, 1.82) is 0 Å². The van der Waals surface area contributed by atoms with Gasteiger partial charge in [-0.1, -0.05) is 12.5 Å². The summed E-state index contributed by atoms with van der Waals surface area (Å²) in [5.41, 5.74) is 0.522. The first kappa shape index (κ1) is 22.6. The number of piperidine rings is 1. The fourth-order valence-electron chi connectivity index (χ4n) is 4.01. The summed E-state index contributed by atoms with van der Waals surface area (Å²) in [5, 5.41) is 4.41. The van der Waals surface area contributed by atoms with Crippen molar-refractivity contribution in [3.8, 4) is 11.5 Å². The Morgan fingerprint density at radius 2 is 2.00 bits per heavy atom. The fourth-order valence-corrected chi connectivity index (χ4v) is 7.55. The quantitative estimate of drug-likeness (QED) is 0.572. The van der Waals surface area contributed by atoms with Crippen LogP contribution in [-0.4, -0.2) is 73.5 Å². The van der Waals surface area contributed by atoms with E-state index in [0.29, 0.717) is 25.1 Å². The van der Waals surface area contributed by atoms with Gasteiger partial charge in [0.05, 0.1) is 23.1 Å². The maximum absolute atomic E-state index is 13.0. The van der Waals surface area contributed by atoms with Gasteiger partial charge in [0.15, 0.2) is 9.84 Å². The average molecular weight is 487 g/mol. The van der Waals surface area contributed by atoms with E-state index in [1.807, 2.05) is 11.9 Å². The SMILES string of the molecule is CN(Cn1nc(-c2cccc(S(=O)(=O)N3CCCCC3)c2)oc1=S)C1CCS(=O)(=O)C1. The molecule has 2 aliphatic heterocycles. The number of sulfone groups is 1. The van der Waals surface area contributed by atoms with E-state index in [1.165, 1.54) is 8.99 Å². The van der Waals surface area contributed by atoms with Gasteiger partial charge in [-0.25, -0.2) is 21.5 Å². The van der Waals surface area contributed by atoms with E-state index in [1.54, 1.807) is 24.3 Å². The van der Waals surface area contributed by atoms with Gasteiger partial charge < -0.3 is 4.42 Å². The van der Waals surface area contributed by atoms with Crippen molar-refractivity contribution in [2.75, 3.05) is 31.6 Å². The number of hydrogen-bond acceptors (Lipinski definition) is 8. The standard InChI is InChI=1S/C19H26N4O5S3/c1-21(16-8-11-30(24,25)13-16)14-23-19(29)28-18(20-23)15-6-5-7-17(12-15)31(26,27)22-9-3-2-4-10-22/h5-7,12,16H,2-4,8-11,13-14H2,1H3. The lowest BCUT2D eigenvalue weighted by Crippen LogP contribution is -2.35. The molecule has 0 N–H and O–H groups in total. The number of benzene rings is 1. The Morgan fingerprint density at radius 1 is 1.26 bits per heavy atom. The summed E-state index contributed by atoms with van der Waals surface area (Å²) in [4.78, 5) is 2.24. The molecule has 0 amide bonds. The van der Waals surface area contributed by atoms with Gasteiger partial charge in [-0.05, 0) is 56.7 Å². The second-order valence-electron chi connectivity index (χ2n) is 8.12. The highest BCUT2D eigenvalue weighted by molar-refractivity contribution is 7.91. The molecule has 2 aromatic rings. The molecule has 0 spiro atoms. The molecule has 4 rings (SSSR count). The van der Waals surface area contributed by atoms with E-state index in [4.69, 9.17) is 16.6 Å². The molecule has 1 unspecified atom stereocenters. The van der Waals surface area contributed by atoms with Crippen LogP contribution in [0.15, 0.2) is 33.6 Å². The summed E-state index contributed by atoms with van der Waals surface area (Å²) in [5.74, 6) is 0.543. The first-order valence-electron chi connectivity index (χ1n) is 10.2. The van der Waals surface area contributed by atoms with Crippen LogP contribution in [0.25, 0.3) is 11.5 Å². The van der Waals surface area contributed by atoms with Crippen molar-refractivity contribution in [3.63, 3.8) is 0 Å². The molecule has 2 aliphatic rings. The molecule has 1 aromatic heterocycles. The second-order valence-corrected chi connectivity index (χ2v) is 12.6. The molecule has 0 radical (unpaired) electrons. The summed E-state index contributed by atoms with van der Waals surface area (Å²) in [7, 11) is -4.73. The van der Waals surface area contributed by atoms with Crippen LogP contribution in [0.2, 0.25) is 0 Å². The summed E-state index contributed by atoms with van der Waals surface area (Å²) in [6.45, 7) is 1.35. The van der Waals surface area contributed by atoms with E-state index >= 15 is 0 Å². The summed E-state index contributed by atoms with van der Waals surface area (Å²) < 4.78 is 58.1. The third-order valence-electron chi connectivity index (χ3n) is 5.83. The molecule has 0 saturated carbocycles. The Balaban J connectivity index is 1.54. The molecule has 2 fully saturated rings. The van der Waals surface area contributed by atoms with Crippen molar-refractivity contribution in [1.82, 2.24) is 19.0 Å². The van der Waals surface area contributed by atoms with Crippen LogP contribution < -0.4 is 0 Å². The van der Waals surface area contributed by atoms with E-state index in [2.05, 4.69) is 5.10 Å². The van der Waals surface area contributed by atoms with Crippen molar-refractivity contribution >= 4 is 32.1 Å². The Bertz CT molecular complexity index is 1210. The van der Waals surface area contributed by atoms with Crippen molar-refractivity contribution in [2.45, 2.75) is 43.3 Å². The van der Waals surface area contributed by atoms with Gasteiger partial charge in [-0.2, -0.15) is 4.31 Å². The fraction of sp³-hybridized carbons (Fsp3) is 0.579. The molecule has 1 atom stereocenters. The molecule has 0 aliphatic carbocycles. The Hall–Kier alpha value is -1.60. The van der Waals surface area contributed by atoms with Crippen LogP contribution in [0.1, 0.15) is 25.7 Å². The smallest absolute Gasteiger partial charge is 0.288 e. The van der Waals surface area contributed by atoms with Crippen LogP contribution in [0.5, 0.6) is 0 Å². The van der Waals surface area contributed by atoms with E-state index in [-0.39, 0.29) is 39.8 Å². The monoisotopic (exact) mass is 486 g/mol. The molecule has 12 heteroatoms. The number of hydrogen-bond donors (Lipinski definition) is 0. The third-order valence-corrected chi connectivity index (χ3v) is 9.77. The Labute approximate surface area is 187 Å². The molecule has 9 nitrogen and oxygen atoms in total. The normalized spacial score (nSPS) is 22.2. The highest BCUT2D eigenvalue weighted by Gasteiger charge is 2.31. The zero-order chi connectivity index (χ0) is 22.2. The number of aromatic nitrogens is 2. The third kappa shape index (κ3) is 4.92. The Morgan fingerprint density at radius 3 is 2.68 bits per heavy atom. The van der Waals surface area contributed by atoms with Crippen LogP contribution in [-0.2, 0) is 26.5 Å². The highest BCUT2D eigenvalue weighted by Crippen LogP contribution is 2.26. The molecule has 0 bridgehead atoms. The van der Waals surface area contributed by atoms with Gasteiger partial charge in [0.2, 0.25) is 15.9 Å².